The van der Waals surface area contributed by atoms with Crippen LogP contribution < -0.4 is 10.6 Å². The normalized spacial score (nSPS) is 18.1. The molecule has 172 valence electrons. The zero-order valence-electron chi connectivity index (χ0n) is 18.5. The molecule has 1 atom stereocenters. The summed E-state index contributed by atoms with van der Waals surface area (Å²) in [7, 11) is 5.95. The van der Waals surface area contributed by atoms with E-state index >= 15 is 0 Å². The molecule has 0 spiro atoms. The fourth-order valence-corrected chi connectivity index (χ4v) is 3.78. The lowest BCUT2D eigenvalue weighted by atomic mass is 9.93. The maximum absolute atomic E-state index is 12.5. The smallest absolute Gasteiger partial charge is 0.357 e. The fraction of sp³-hybridized carbons (Fsp3) is 0.800. The molecule has 2 heterocycles. The van der Waals surface area contributed by atoms with Gasteiger partial charge in [0.25, 0.3) is 0 Å². The number of hydrogen-bond acceptors (Lipinski definition) is 4. The Morgan fingerprint density at radius 2 is 2.00 bits per heavy atom. The van der Waals surface area contributed by atoms with Crippen LogP contribution in [0.25, 0.3) is 0 Å². The molecule has 1 fully saturated rings. The molecular formula is C20H36F3N7. The van der Waals surface area contributed by atoms with E-state index in [1.807, 2.05) is 40.5 Å². The molecule has 1 saturated heterocycles. The average Bonchev–Trinajstić information content (AvgIpc) is 3.07. The Bertz CT molecular complexity index is 649. The second-order valence-corrected chi connectivity index (χ2v) is 8.20. The number of piperidine rings is 1. The van der Waals surface area contributed by atoms with E-state index in [4.69, 9.17) is 4.99 Å². The highest BCUT2D eigenvalue weighted by molar-refractivity contribution is 5.79. The van der Waals surface area contributed by atoms with Crippen LogP contribution in [0.1, 0.15) is 37.8 Å². The number of rotatable bonds is 9. The van der Waals surface area contributed by atoms with Crippen molar-refractivity contribution in [2.75, 3.05) is 53.4 Å². The number of likely N-dealkylation sites (N-methyl/N-ethyl adjacent to an activating group) is 1. The molecule has 0 amide bonds. The highest BCUT2D eigenvalue weighted by Crippen LogP contribution is 2.24. The first kappa shape index (κ1) is 24.5. The molecule has 0 bridgehead atoms. The number of aryl methyl sites for hydroxylation is 1. The SMILES string of the molecule is CCNC(=NCC(c1cnn(C)c1)N(C)C)NCCC1CCN(CC(F)(F)F)CC1. The highest BCUT2D eigenvalue weighted by atomic mass is 19.4. The number of aliphatic imine (C=N–C) groups is 1. The van der Waals surface area contributed by atoms with Crippen molar-refractivity contribution in [3.05, 3.63) is 18.0 Å². The summed E-state index contributed by atoms with van der Waals surface area (Å²) in [5, 5.41) is 10.9. The molecule has 7 nitrogen and oxygen atoms in total. The van der Waals surface area contributed by atoms with Crippen LogP contribution in [0.4, 0.5) is 13.2 Å². The maximum Gasteiger partial charge on any atom is 0.401 e. The Morgan fingerprint density at radius 1 is 1.30 bits per heavy atom. The van der Waals surface area contributed by atoms with Gasteiger partial charge in [0.05, 0.1) is 25.3 Å². The summed E-state index contributed by atoms with van der Waals surface area (Å²) >= 11 is 0. The van der Waals surface area contributed by atoms with Crippen molar-refractivity contribution >= 4 is 5.96 Å². The summed E-state index contributed by atoms with van der Waals surface area (Å²) in [5.41, 5.74) is 1.12. The predicted molar refractivity (Wildman–Crippen MR) is 113 cm³/mol. The number of nitrogens with one attached hydrogen (secondary N) is 2. The number of hydrogen-bond donors (Lipinski definition) is 2. The summed E-state index contributed by atoms with van der Waals surface area (Å²) in [6.45, 7) is 4.40. The van der Waals surface area contributed by atoms with Crippen molar-refractivity contribution in [2.45, 2.75) is 38.4 Å². The van der Waals surface area contributed by atoms with Crippen molar-refractivity contribution < 1.29 is 13.2 Å². The summed E-state index contributed by atoms with van der Waals surface area (Å²) in [5.74, 6) is 1.22. The molecule has 0 aromatic carbocycles. The van der Waals surface area contributed by atoms with Crippen LogP contribution in [0.15, 0.2) is 17.4 Å². The first-order chi connectivity index (χ1) is 14.2. The highest BCUT2D eigenvalue weighted by Gasteiger charge is 2.32. The van der Waals surface area contributed by atoms with Gasteiger partial charge >= 0.3 is 6.18 Å². The standard InChI is InChI=1S/C20H36F3N7/c1-5-24-19(26-13-18(28(2)3)17-12-27-29(4)14-17)25-9-6-16-7-10-30(11-8-16)15-20(21,22)23/h12,14,16,18H,5-11,13,15H2,1-4H3,(H2,24,25,26). The molecule has 1 aromatic rings. The predicted octanol–water partition coefficient (Wildman–Crippen LogP) is 2.24. The van der Waals surface area contributed by atoms with Gasteiger partial charge in [-0.2, -0.15) is 18.3 Å². The molecule has 10 heteroatoms. The van der Waals surface area contributed by atoms with Crippen LogP contribution in [0.3, 0.4) is 0 Å². The third-order valence-electron chi connectivity index (χ3n) is 5.45. The molecule has 1 unspecified atom stereocenters. The van der Waals surface area contributed by atoms with E-state index in [0.717, 1.165) is 43.9 Å². The zero-order valence-corrected chi connectivity index (χ0v) is 18.5. The second-order valence-electron chi connectivity index (χ2n) is 8.20. The summed E-state index contributed by atoms with van der Waals surface area (Å²) in [6.07, 6.45) is 2.33. The number of halogens is 3. The van der Waals surface area contributed by atoms with Crippen LogP contribution in [-0.2, 0) is 7.05 Å². The third-order valence-corrected chi connectivity index (χ3v) is 5.45. The van der Waals surface area contributed by atoms with Gasteiger partial charge in [-0.25, -0.2) is 0 Å². The number of nitrogens with zero attached hydrogens (tertiary/aromatic N) is 5. The van der Waals surface area contributed by atoms with E-state index < -0.39 is 12.7 Å². The van der Waals surface area contributed by atoms with Gasteiger partial charge in [0.15, 0.2) is 5.96 Å². The molecule has 2 N–H and O–H groups in total. The summed E-state index contributed by atoms with van der Waals surface area (Å²) < 4.78 is 39.3. The van der Waals surface area contributed by atoms with Crippen LogP contribution >= 0.6 is 0 Å². The summed E-state index contributed by atoms with van der Waals surface area (Å²) in [6, 6.07) is 0.132. The van der Waals surface area contributed by atoms with Gasteiger partial charge in [0.2, 0.25) is 0 Å². The Morgan fingerprint density at radius 3 is 2.53 bits per heavy atom. The monoisotopic (exact) mass is 431 g/mol. The molecule has 0 radical (unpaired) electrons. The molecular weight excluding hydrogens is 395 g/mol. The Hall–Kier alpha value is -1.81. The van der Waals surface area contributed by atoms with Gasteiger partial charge in [-0.1, -0.05) is 0 Å². The average molecular weight is 432 g/mol. The van der Waals surface area contributed by atoms with Gasteiger partial charge in [0, 0.05) is 31.9 Å². The van der Waals surface area contributed by atoms with Crippen LogP contribution in [0.2, 0.25) is 0 Å². The molecule has 1 aliphatic rings. The Labute approximate surface area is 177 Å². The zero-order chi connectivity index (χ0) is 22.1. The number of alkyl halides is 3. The van der Waals surface area contributed by atoms with Crippen molar-refractivity contribution in [3.63, 3.8) is 0 Å². The van der Waals surface area contributed by atoms with Gasteiger partial charge in [-0.05, 0) is 59.3 Å². The lowest BCUT2D eigenvalue weighted by Crippen LogP contribution is -2.42. The molecule has 1 aliphatic heterocycles. The second kappa shape index (κ2) is 11.5. The van der Waals surface area contributed by atoms with Crippen LogP contribution in [0, 0.1) is 5.92 Å². The fourth-order valence-electron chi connectivity index (χ4n) is 3.78. The lowest BCUT2D eigenvalue weighted by Gasteiger charge is -2.32. The van der Waals surface area contributed by atoms with Gasteiger partial charge < -0.3 is 15.5 Å². The summed E-state index contributed by atoms with van der Waals surface area (Å²) in [4.78, 5) is 8.37. The molecule has 0 aliphatic carbocycles. The van der Waals surface area contributed by atoms with E-state index in [1.165, 1.54) is 4.90 Å². The van der Waals surface area contributed by atoms with Crippen LogP contribution in [-0.4, -0.2) is 85.1 Å². The van der Waals surface area contributed by atoms with Gasteiger partial charge in [-0.15, -0.1) is 0 Å². The van der Waals surface area contributed by atoms with Crippen molar-refractivity contribution in [1.29, 1.82) is 0 Å². The first-order valence-corrected chi connectivity index (χ1v) is 10.6. The number of aromatic nitrogens is 2. The van der Waals surface area contributed by atoms with Gasteiger partial charge in [-0.3, -0.25) is 14.6 Å². The van der Waals surface area contributed by atoms with E-state index in [1.54, 1.807) is 4.68 Å². The first-order valence-electron chi connectivity index (χ1n) is 10.6. The number of likely N-dealkylation sites (tertiary alicyclic amines) is 1. The quantitative estimate of drug-likeness (QED) is 0.464. The van der Waals surface area contributed by atoms with E-state index in [0.29, 0.717) is 25.6 Å². The molecule has 1 aromatic heterocycles. The molecule has 30 heavy (non-hydrogen) atoms. The Kier molecular flexibility index (Phi) is 9.41. The largest absolute Gasteiger partial charge is 0.401 e. The molecule has 0 saturated carbocycles. The van der Waals surface area contributed by atoms with Crippen molar-refractivity contribution in [3.8, 4) is 0 Å². The van der Waals surface area contributed by atoms with E-state index in [-0.39, 0.29) is 6.04 Å². The van der Waals surface area contributed by atoms with Crippen LogP contribution in [0.5, 0.6) is 0 Å². The molecule has 2 rings (SSSR count). The Balaban J connectivity index is 1.80. The minimum absolute atomic E-state index is 0.132. The maximum atomic E-state index is 12.5. The minimum Gasteiger partial charge on any atom is -0.357 e. The van der Waals surface area contributed by atoms with Crippen molar-refractivity contribution in [2.24, 2.45) is 18.0 Å². The number of guanidine groups is 1. The van der Waals surface area contributed by atoms with E-state index in [2.05, 4.69) is 20.6 Å². The van der Waals surface area contributed by atoms with Gasteiger partial charge in [0.1, 0.15) is 0 Å². The van der Waals surface area contributed by atoms with Crippen molar-refractivity contribution in [1.82, 2.24) is 30.2 Å². The lowest BCUT2D eigenvalue weighted by molar-refractivity contribution is -0.148. The minimum atomic E-state index is -4.11. The third kappa shape index (κ3) is 8.51. The topological polar surface area (TPSA) is 60.7 Å². The van der Waals surface area contributed by atoms with E-state index in [9.17, 15) is 13.2 Å².